The quantitative estimate of drug-likeness (QED) is 0.695. The molecule has 0 aliphatic heterocycles. The van der Waals surface area contributed by atoms with E-state index in [1.165, 1.54) is 0 Å². The van der Waals surface area contributed by atoms with Crippen molar-refractivity contribution < 1.29 is 24.9 Å². The van der Waals surface area contributed by atoms with Gasteiger partial charge in [-0.2, -0.15) is 0 Å². The first-order valence-corrected chi connectivity index (χ1v) is 9.66. The second-order valence-electron chi connectivity index (χ2n) is 9.19. The first-order valence-electron chi connectivity index (χ1n) is 9.66. The van der Waals surface area contributed by atoms with Crippen molar-refractivity contribution in [1.82, 2.24) is 0 Å². The lowest BCUT2D eigenvalue weighted by molar-refractivity contribution is -0.178. The lowest BCUT2D eigenvalue weighted by Gasteiger charge is -2.59. The molecule has 0 heterocycles. The summed E-state index contributed by atoms with van der Waals surface area (Å²) in [6.07, 6.45) is 7.68. The predicted molar refractivity (Wildman–Crippen MR) is 95.0 cm³/mol. The normalized spacial score (nSPS) is 49.9. The number of fused-ring (bicyclic) bond motifs is 5. The van der Waals surface area contributed by atoms with Crippen molar-refractivity contribution in [3.05, 3.63) is 23.8 Å². The maximum Gasteiger partial charge on any atom is 0.190 e. The van der Waals surface area contributed by atoms with E-state index in [9.17, 15) is 24.9 Å². The highest BCUT2D eigenvalue weighted by Gasteiger charge is 2.67. The van der Waals surface area contributed by atoms with Crippen LogP contribution >= 0.6 is 0 Å². The number of allylic oxidation sites excluding steroid dienone is 4. The van der Waals surface area contributed by atoms with Gasteiger partial charge >= 0.3 is 0 Å². The molecule has 0 unspecified atom stereocenters. The van der Waals surface area contributed by atoms with Gasteiger partial charge in [-0.05, 0) is 56.1 Å². The van der Waals surface area contributed by atoms with E-state index in [-0.39, 0.29) is 29.0 Å². The van der Waals surface area contributed by atoms with E-state index in [0.717, 1.165) is 24.8 Å². The van der Waals surface area contributed by atoms with Crippen LogP contribution in [0.4, 0.5) is 0 Å². The third kappa shape index (κ3) is 2.08. The molecule has 0 aromatic rings. The molecule has 0 radical (unpaired) electrons. The fourth-order valence-corrected chi connectivity index (χ4v) is 6.92. The van der Waals surface area contributed by atoms with Gasteiger partial charge in [0.15, 0.2) is 11.6 Å². The minimum Gasteiger partial charge on any atom is -0.393 e. The molecule has 0 bridgehead atoms. The Hall–Kier alpha value is -1.30. The van der Waals surface area contributed by atoms with Crippen LogP contribution < -0.4 is 0 Å². The SMILES string of the molecule is C[C@]12C=CC(=O)C=C1CC[C@H]1[C@H]2[C@@H](O)C[C@@]2(C)[C@H]1CC[C@]2(O)C(=O)CO. The van der Waals surface area contributed by atoms with E-state index in [0.29, 0.717) is 12.8 Å². The minimum atomic E-state index is -1.56. The molecule has 26 heavy (non-hydrogen) atoms. The summed E-state index contributed by atoms with van der Waals surface area (Å²) in [6, 6.07) is 0. The number of carbonyl (C=O) groups is 2. The number of hydrogen-bond acceptors (Lipinski definition) is 5. The molecule has 0 aromatic carbocycles. The minimum absolute atomic E-state index is 0.00912. The van der Waals surface area contributed by atoms with Crippen LogP contribution in [0.5, 0.6) is 0 Å². The van der Waals surface area contributed by atoms with E-state index in [2.05, 4.69) is 6.92 Å². The van der Waals surface area contributed by atoms with Crippen molar-refractivity contribution in [3.8, 4) is 0 Å². The molecule has 0 aromatic heterocycles. The topological polar surface area (TPSA) is 94.8 Å². The summed E-state index contributed by atoms with van der Waals surface area (Å²) in [7, 11) is 0. The highest BCUT2D eigenvalue weighted by atomic mass is 16.3. The number of hydrogen-bond donors (Lipinski definition) is 3. The third-order valence-corrected chi connectivity index (χ3v) is 8.25. The Morgan fingerprint density at radius 2 is 2.04 bits per heavy atom. The summed E-state index contributed by atoms with van der Waals surface area (Å²) < 4.78 is 0. The first-order chi connectivity index (χ1) is 12.2. The molecule has 4 aliphatic carbocycles. The van der Waals surface area contributed by atoms with Crippen LogP contribution in [0.25, 0.3) is 0 Å². The van der Waals surface area contributed by atoms with Crippen molar-refractivity contribution >= 4 is 11.6 Å². The Kier molecular flexibility index (Phi) is 3.89. The van der Waals surface area contributed by atoms with Crippen LogP contribution in [-0.2, 0) is 9.59 Å². The van der Waals surface area contributed by atoms with Gasteiger partial charge in [0.25, 0.3) is 0 Å². The second-order valence-corrected chi connectivity index (χ2v) is 9.19. The van der Waals surface area contributed by atoms with Crippen molar-refractivity contribution in [3.63, 3.8) is 0 Å². The maximum absolute atomic E-state index is 12.4. The number of Topliss-reactive ketones (excluding diaryl/α,β-unsaturated/α-hetero) is 1. The Labute approximate surface area is 153 Å². The monoisotopic (exact) mass is 360 g/mol. The Balaban J connectivity index is 1.75. The van der Waals surface area contributed by atoms with Crippen LogP contribution in [0.15, 0.2) is 23.8 Å². The van der Waals surface area contributed by atoms with Crippen LogP contribution in [0.2, 0.25) is 0 Å². The smallest absolute Gasteiger partial charge is 0.190 e. The Morgan fingerprint density at radius 1 is 1.31 bits per heavy atom. The number of ketones is 2. The summed E-state index contributed by atoms with van der Waals surface area (Å²) in [5.41, 5.74) is -1.54. The molecule has 3 fully saturated rings. The predicted octanol–water partition coefficient (Wildman–Crippen LogP) is 1.56. The summed E-state index contributed by atoms with van der Waals surface area (Å²) in [5, 5.41) is 31.7. The number of carbonyl (C=O) groups excluding carboxylic acids is 2. The zero-order valence-corrected chi connectivity index (χ0v) is 15.4. The zero-order valence-electron chi connectivity index (χ0n) is 15.4. The number of aliphatic hydroxyl groups is 3. The van der Waals surface area contributed by atoms with Crippen LogP contribution in [0.3, 0.4) is 0 Å². The molecule has 7 atom stereocenters. The van der Waals surface area contributed by atoms with Gasteiger partial charge in [-0.15, -0.1) is 0 Å². The fourth-order valence-electron chi connectivity index (χ4n) is 6.92. The largest absolute Gasteiger partial charge is 0.393 e. The van der Waals surface area contributed by atoms with Crippen LogP contribution in [0, 0.1) is 28.6 Å². The standard InChI is InChI=1S/C21H28O5/c1-19-7-5-13(23)9-12(19)3-4-14-15-6-8-21(26,17(25)11-22)20(15,2)10-16(24)18(14)19/h5,7,9,14-16,18,22,24,26H,3-4,6,8,10-11H2,1-2H3/t14-,15+,16+,18+,19+,20+,21+/m1/s1. The molecule has 4 aliphatic rings. The van der Waals surface area contributed by atoms with E-state index >= 15 is 0 Å². The van der Waals surface area contributed by atoms with Gasteiger partial charge in [0.1, 0.15) is 12.2 Å². The van der Waals surface area contributed by atoms with E-state index in [1.54, 1.807) is 12.2 Å². The molecule has 0 saturated heterocycles. The molecule has 0 amide bonds. The molecule has 5 heteroatoms. The van der Waals surface area contributed by atoms with Gasteiger partial charge < -0.3 is 15.3 Å². The average Bonchev–Trinajstić information content (AvgIpc) is 2.86. The molecule has 142 valence electrons. The van der Waals surface area contributed by atoms with E-state index in [4.69, 9.17) is 0 Å². The highest BCUT2D eigenvalue weighted by molar-refractivity contribution is 6.01. The second kappa shape index (κ2) is 5.60. The van der Waals surface area contributed by atoms with E-state index < -0.39 is 29.5 Å². The lowest BCUT2D eigenvalue weighted by atomic mass is 9.46. The molecular formula is C21H28O5. The summed E-state index contributed by atoms with van der Waals surface area (Å²) in [6.45, 7) is 3.34. The number of rotatable bonds is 2. The summed E-state index contributed by atoms with van der Waals surface area (Å²) in [5.74, 6) is -0.227. The molecule has 3 saturated carbocycles. The third-order valence-electron chi connectivity index (χ3n) is 8.25. The van der Waals surface area contributed by atoms with Crippen molar-refractivity contribution in [2.75, 3.05) is 6.61 Å². The maximum atomic E-state index is 12.4. The van der Waals surface area contributed by atoms with Crippen molar-refractivity contribution in [1.29, 1.82) is 0 Å². The molecule has 4 rings (SSSR count). The van der Waals surface area contributed by atoms with Gasteiger partial charge in [0.05, 0.1) is 6.10 Å². The van der Waals surface area contributed by atoms with Crippen molar-refractivity contribution in [2.24, 2.45) is 28.6 Å². The van der Waals surface area contributed by atoms with Crippen LogP contribution in [0.1, 0.15) is 46.0 Å². The van der Waals surface area contributed by atoms with Crippen molar-refractivity contribution in [2.45, 2.75) is 57.7 Å². The molecular weight excluding hydrogens is 332 g/mol. The molecule has 5 nitrogen and oxygen atoms in total. The van der Waals surface area contributed by atoms with Gasteiger partial charge in [-0.25, -0.2) is 0 Å². The van der Waals surface area contributed by atoms with Gasteiger partial charge in [0, 0.05) is 16.7 Å². The lowest BCUT2D eigenvalue weighted by Crippen LogP contribution is -2.61. The Morgan fingerprint density at radius 3 is 2.73 bits per heavy atom. The fraction of sp³-hybridized carbons (Fsp3) is 0.714. The highest BCUT2D eigenvalue weighted by Crippen LogP contribution is 2.67. The molecule has 3 N–H and O–H groups in total. The average molecular weight is 360 g/mol. The number of aliphatic hydroxyl groups excluding tert-OH is 2. The molecule has 0 spiro atoms. The summed E-state index contributed by atoms with van der Waals surface area (Å²) in [4.78, 5) is 24.2. The van der Waals surface area contributed by atoms with Gasteiger partial charge in [0.2, 0.25) is 0 Å². The van der Waals surface area contributed by atoms with Gasteiger partial charge in [-0.3, -0.25) is 9.59 Å². The van der Waals surface area contributed by atoms with E-state index in [1.807, 2.05) is 13.0 Å². The first kappa shape index (κ1) is 18.1. The van der Waals surface area contributed by atoms with Gasteiger partial charge in [-0.1, -0.05) is 25.5 Å². The zero-order chi connectivity index (χ0) is 18.9. The summed E-state index contributed by atoms with van der Waals surface area (Å²) >= 11 is 0. The Bertz CT molecular complexity index is 724. The van der Waals surface area contributed by atoms with Crippen LogP contribution in [-0.4, -0.2) is 45.2 Å².